The van der Waals surface area contributed by atoms with Crippen molar-refractivity contribution in [3.05, 3.63) is 17.0 Å². The number of fused-ring (bicyclic) bond motifs is 1. The number of nitrogens with zero attached hydrogens (tertiary/aromatic N) is 2. The van der Waals surface area contributed by atoms with Gasteiger partial charge in [-0.05, 0) is 0 Å². The van der Waals surface area contributed by atoms with Gasteiger partial charge in [0, 0.05) is 0 Å². The van der Waals surface area contributed by atoms with Crippen LogP contribution in [0.3, 0.4) is 0 Å². The maximum atomic E-state index is 11.6. The van der Waals surface area contributed by atoms with Crippen molar-refractivity contribution in [3.8, 4) is 0 Å². The minimum absolute atomic E-state index is 0.0215. The highest BCUT2D eigenvalue weighted by molar-refractivity contribution is 7.77. The Morgan fingerprint density at radius 2 is 2.00 bits per heavy atom. The fourth-order valence-electron chi connectivity index (χ4n) is 1.37. The molecule has 0 bridgehead atoms. The molecule has 0 saturated carbocycles. The van der Waals surface area contributed by atoms with Gasteiger partial charge < -0.3 is 20.4 Å². The third kappa shape index (κ3) is 1.49. The fourth-order valence-corrected chi connectivity index (χ4v) is 2.13. The van der Waals surface area contributed by atoms with Crippen LogP contribution in [0.5, 0.6) is 0 Å². The molecule has 16 heavy (non-hydrogen) atoms. The first kappa shape index (κ1) is 10.7. The molecule has 0 atom stereocenters. The van der Waals surface area contributed by atoms with E-state index in [1.807, 2.05) is 0 Å². The highest BCUT2D eigenvalue weighted by atomic mass is 32.1. The van der Waals surface area contributed by atoms with Gasteiger partial charge in [-0.2, -0.15) is 10.5 Å². The molecule has 2 heterocycles. The number of hydrogen-bond donors (Lipinski definition) is 0. The second-order valence-corrected chi connectivity index (χ2v) is 3.72. The molecular formula is C9H9N2O4S-. The zero-order valence-corrected chi connectivity index (χ0v) is 9.52. The molecule has 7 heteroatoms. The maximum absolute atomic E-state index is 11.6. The Bertz CT molecular complexity index is 540. The molecule has 6 nitrogen and oxygen atoms in total. The Morgan fingerprint density at radius 1 is 1.31 bits per heavy atom. The number of hydrogen-bond acceptors (Lipinski definition) is 6. The molecule has 0 radical (unpaired) electrons. The van der Waals surface area contributed by atoms with Crippen molar-refractivity contribution < 1.29 is 19.1 Å². The lowest BCUT2D eigenvalue weighted by molar-refractivity contribution is 0.0552. The highest BCUT2D eigenvalue weighted by Gasteiger charge is 2.26. The Labute approximate surface area is 94.3 Å². The van der Waals surface area contributed by atoms with E-state index in [-0.39, 0.29) is 11.3 Å². The molecule has 1 aliphatic heterocycles. The summed E-state index contributed by atoms with van der Waals surface area (Å²) in [4.78, 5) is 23.0. The van der Waals surface area contributed by atoms with Crippen LogP contribution in [0.4, 0.5) is 0 Å². The van der Waals surface area contributed by atoms with E-state index in [1.54, 1.807) is 10.9 Å². The lowest BCUT2D eigenvalue weighted by Crippen LogP contribution is -2.12. The van der Waals surface area contributed by atoms with E-state index in [4.69, 9.17) is 0 Å². The molecule has 0 fully saturated rings. The van der Waals surface area contributed by atoms with Gasteiger partial charge in [0.25, 0.3) is 0 Å². The lowest BCUT2D eigenvalue weighted by atomic mass is 10.2. The second-order valence-electron chi connectivity index (χ2n) is 2.93. The molecule has 0 aliphatic carbocycles. The normalized spacial score (nSPS) is 12.4. The van der Waals surface area contributed by atoms with Crippen LogP contribution in [-0.4, -0.2) is 46.8 Å². The molecule has 0 N–H and O–H groups in total. The number of ether oxygens (including phenoxy) is 2. The Hall–Kier alpha value is -1.76. The van der Waals surface area contributed by atoms with Gasteiger partial charge in [0.1, 0.15) is 5.56 Å². The minimum Gasteiger partial charge on any atom is -0.466 e. The Balaban J connectivity index is 2.59. The molecule has 1 aliphatic rings. The molecule has 2 rings (SSSR count). The van der Waals surface area contributed by atoms with Crippen LogP contribution >= 0.6 is 0 Å². The topological polar surface area (TPSA) is 70.4 Å². The monoisotopic (exact) mass is 241 g/mol. The quantitative estimate of drug-likeness (QED) is 0.293. The van der Waals surface area contributed by atoms with Crippen molar-refractivity contribution in [3.63, 3.8) is 0 Å². The zero-order chi connectivity index (χ0) is 11.7. The van der Waals surface area contributed by atoms with Crippen LogP contribution in [0.2, 0.25) is 0 Å². The highest BCUT2D eigenvalue weighted by Crippen LogP contribution is 2.15. The average Bonchev–Trinajstić information content (AvgIpc) is 2.86. The van der Waals surface area contributed by atoms with Gasteiger partial charge in [-0.1, -0.05) is 5.49 Å². The molecule has 1 aromatic heterocycles. The largest absolute Gasteiger partial charge is 0.466 e. The van der Waals surface area contributed by atoms with E-state index >= 15 is 0 Å². The lowest BCUT2D eigenvalue weighted by Gasteiger charge is -2.00. The SMILES string of the molecule is COC(=O)c1nn2c(c1C(=O)OC)C=[SH-]=C2. The summed E-state index contributed by atoms with van der Waals surface area (Å²) in [5.74, 6) is -1.25. The fraction of sp³-hybridized carbons (Fsp3) is 0.222. The standard InChI is InChI=1S/C9H9N2O4S/c1-14-8(12)6-5-3-16-4-11(5)10-7(6)9(13)15-2/h3-4,16H,1-2H3/q-1. The van der Waals surface area contributed by atoms with Gasteiger partial charge in [0.15, 0.2) is 5.69 Å². The summed E-state index contributed by atoms with van der Waals surface area (Å²) in [5.41, 5.74) is 2.42. The van der Waals surface area contributed by atoms with Crippen molar-refractivity contribution in [2.24, 2.45) is 0 Å². The first-order chi connectivity index (χ1) is 7.69. The van der Waals surface area contributed by atoms with Gasteiger partial charge in [-0.25, -0.2) is 9.59 Å². The molecule has 0 unspecified atom stereocenters. The number of rotatable bonds is 2. The molecule has 0 amide bonds. The Kier molecular flexibility index (Phi) is 2.69. The van der Waals surface area contributed by atoms with Crippen LogP contribution < -0.4 is 0 Å². The van der Waals surface area contributed by atoms with Crippen LogP contribution in [0, 0.1) is 0 Å². The molecule has 0 saturated heterocycles. The molecular weight excluding hydrogens is 232 g/mol. The smallest absolute Gasteiger partial charge is 0.359 e. The first-order valence-electron chi connectivity index (χ1n) is 4.34. The molecule has 0 aromatic carbocycles. The predicted molar refractivity (Wildman–Crippen MR) is 60.3 cm³/mol. The summed E-state index contributed by atoms with van der Waals surface area (Å²) in [5, 5.41) is 5.75. The summed E-state index contributed by atoms with van der Waals surface area (Å²) >= 11 is 0. The summed E-state index contributed by atoms with van der Waals surface area (Å²) in [6.45, 7) is 0. The number of carbonyl (C=O) groups is 2. The molecule has 86 valence electrons. The number of carbonyl (C=O) groups excluding carboxylic acids is 2. The number of aromatic nitrogens is 2. The van der Waals surface area contributed by atoms with E-state index < -0.39 is 11.9 Å². The second kappa shape index (κ2) is 4.01. The Morgan fingerprint density at radius 3 is 2.62 bits per heavy atom. The molecule has 0 spiro atoms. The minimum atomic E-state index is -0.652. The summed E-state index contributed by atoms with van der Waals surface area (Å²) in [7, 11) is 3.40. The van der Waals surface area contributed by atoms with Crippen LogP contribution in [0.25, 0.3) is 0 Å². The van der Waals surface area contributed by atoms with Crippen molar-refractivity contribution in [2.45, 2.75) is 0 Å². The van der Waals surface area contributed by atoms with Crippen molar-refractivity contribution >= 4 is 33.7 Å². The number of thiol groups is 1. The predicted octanol–water partition coefficient (Wildman–Crippen LogP) is -0.957. The van der Waals surface area contributed by atoms with E-state index in [0.29, 0.717) is 5.69 Å². The molecule has 1 aromatic rings. The van der Waals surface area contributed by atoms with Crippen molar-refractivity contribution in [1.29, 1.82) is 0 Å². The van der Waals surface area contributed by atoms with Gasteiger partial charge in [0.05, 0.1) is 19.9 Å². The summed E-state index contributed by atoms with van der Waals surface area (Å²) < 4.78 is 10.6. The van der Waals surface area contributed by atoms with Crippen molar-refractivity contribution in [2.75, 3.05) is 14.2 Å². The number of methoxy groups -OCH3 is 2. The van der Waals surface area contributed by atoms with Crippen molar-refractivity contribution in [1.82, 2.24) is 9.78 Å². The van der Waals surface area contributed by atoms with Crippen LogP contribution in [0.15, 0.2) is 0 Å². The summed E-state index contributed by atoms with van der Waals surface area (Å²) in [6, 6.07) is 0. The third-order valence-corrected chi connectivity index (χ3v) is 2.83. The van der Waals surface area contributed by atoms with Gasteiger partial charge in [0.2, 0.25) is 0 Å². The van der Waals surface area contributed by atoms with Gasteiger partial charge in [-0.3, -0.25) is 4.68 Å². The zero-order valence-electron chi connectivity index (χ0n) is 8.63. The van der Waals surface area contributed by atoms with E-state index in [1.165, 1.54) is 18.9 Å². The van der Waals surface area contributed by atoms with E-state index in [0.717, 1.165) is 10.9 Å². The van der Waals surface area contributed by atoms with E-state index in [9.17, 15) is 9.59 Å². The maximum Gasteiger partial charge on any atom is 0.359 e. The van der Waals surface area contributed by atoms with Crippen LogP contribution in [-0.2, 0) is 20.4 Å². The van der Waals surface area contributed by atoms with Crippen LogP contribution in [0.1, 0.15) is 26.5 Å². The summed E-state index contributed by atoms with van der Waals surface area (Å²) in [6.07, 6.45) is 0. The first-order valence-corrected chi connectivity index (χ1v) is 5.38. The number of esters is 2. The van der Waals surface area contributed by atoms with E-state index in [2.05, 4.69) is 14.6 Å². The van der Waals surface area contributed by atoms with Gasteiger partial charge in [-0.15, -0.1) is 0 Å². The third-order valence-electron chi connectivity index (χ3n) is 2.09. The average molecular weight is 241 g/mol. The van der Waals surface area contributed by atoms with Gasteiger partial charge >= 0.3 is 11.9 Å².